The van der Waals surface area contributed by atoms with Gasteiger partial charge in [0.2, 0.25) is 0 Å². The maximum atomic E-state index is 11.3. The van der Waals surface area contributed by atoms with Crippen molar-refractivity contribution in [1.82, 2.24) is 0 Å². The number of unbranched alkanes of at least 4 members (excludes halogenated alkanes) is 5. The van der Waals surface area contributed by atoms with Crippen molar-refractivity contribution < 1.29 is 23.3 Å². The minimum absolute atomic E-state index is 0.133. The molecule has 0 aromatic carbocycles. The van der Waals surface area contributed by atoms with Gasteiger partial charge in [-0.2, -0.15) is 0 Å². The summed E-state index contributed by atoms with van der Waals surface area (Å²) in [6.45, 7) is 4.19. The average Bonchev–Trinajstić information content (AvgIpc) is 2.28. The van der Waals surface area contributed by atoms with Gasteiger partial charge in [0.1, 0.15) is 0 Å². The van der Waals surface area contributed by atoms with Gasteiger partial charge in [0.15, 0.2) is 0 Å². The zero-order chi connectivity index (χ0) is 13.9. The fourth-order valence-electron chi connectivity index (χ4n) is 1.40. The van der Waals surface area contributed by atoms with Gasteiger partial charge in [0, 0.05) is 6.42 Å². The second-order valence-electron chi connectivity index (χ2n) is 4.28. The Morgan fingerprint density at radius 3 is 2.28 bits per heavy atom. The number of rotatable bonds is 11. The lowest BCUT2D eigenvalue weighted by atomic mass is 10.1. The minimum atomic E-state index is -4.19. The zero-order valence-electron chi connectivity index (χ0n) is 11.4. The predicted octanol–water partition coefficient (Wildman–Crippen LogP) is 3.81. The van der Waals surface area contributed by atoms with Gasteiger partial charge >= 0.3 is 13.8 Å². The van der Waals surface area contributed by atoms with Crippen LogP contribution >= 0.6 is 7.82 Å². The van der Waals surface area contributed by atoms with E-state index in [2.05, 4.69) is 16.0 Å². The van der Waals surface area contributed by atoms with Gasteiger partial charge in [0.25, 0.3) is 0 Å². The van der Waals surface area contributed by atoms with Crippen molar-refractivity contribution in [3.05, 3.63) is 0 Å². The van der Waals surface area contributed by atoms with Crippen LogP contribution in [0.15, 0.2) is 0 Å². The first-order valence-electron chi connectivity index (χ1n) is 6.71. The molecule has 108 valence electrons. The van der Waals surface area contributed by atoms with E-state index in [4.69, 9.17) is 0 Å². The summed E-state index contributed by atoms with van der Waals surface area (Å²) in [5.74, 6) is -0.658. The summed E-state index contributed by atoms with van der Waals surface area (Å²) in [4.78, 5) is 20.5. The van der Waals surface area contributed by atoms with Gasteiger partial charge < -0.3 is 4.52 Å². The molecular weight excluding hydrogens is 255 g/mol. The quantitative estimate of drug-likeness (QED) is 0.460. The van der Waals surface area contributed by atoms with Crippen LogP contribution < -0.4 is 0 Å². The molecule has 0 aliphatic carbocycles. The van der Waals surface area contributed by atoms with E-state index in [-0.39, 0.29) is 13.0 Å². The zero-order valence-corrected chi connectivity index (χ0v) is 12.3. The largest absolute Gasteiger partial charge is 0.529 e. The number of phosphoric acid groups is 1. The Kier molecular flexibility index (Phi) is 10.3. The minimum Gasteiger partial charge on any atom is -0.371 e. The molecule has 0 aromatic heterocycles. The van der Waals surface area contributed by atoms with Gasteiger partial charge in [-0.1, -0.05) is 46.0 Å². The first-order valence-corrected chi connectivity index (χ1v) is 8.21. The number of phosphoric ester groups is 1. The van der Waals surface area contributed by atoms with Gasteiger partial charge in [-0.05, 0) is 12.8 Å². The highest BCUT2D eigenvalue weighted by molar-refractivity contribution is 7.48. The smallest absolute Gasteiger partial charge is 0.371 e. The molecule has 0 saturated carbocycles. The molecule has 0 aliphatic heterocycles. The van der Waals surface area contributed by atoms with E-state index in [0.29, 0.717) is 12.8 Å². The monoisotopic (exact) mass is 280 g/mol. The van der Waals surface area contributed by atoms with Crippen LogP contribution in [-0.2, 0) is 18.4 Å². The second kappa shape index (κ2) is 10.5. The highest BCUT2D eigenvalue weighted by Crippen LogP contribution is 2.43. The van der Waals surface area contributed by atoms with E-state index in [0.717, 1.165) is 32.1 Å². The fourth-order valence-corrected chi connectivity index (χ4v) is 2.16. The molecule has 0 spiro atoms. The van der Waals surface area contributed by atoms with E-state index in [1.165, 1.54) is 0 Å². The molecule has 0 saturated heterocycles. The first-order chi connectivity index (χ1) is 8.52. The van der Waals surface area contributed by atoms with E-state index in [1.54, 1.807) is 0 Å². The average molecular weight is 280 g/mol. The molecule has 0 fully saturated rings. The van der Waals surface area contributed by atoms with E-state index >= 15 is 0 Å². The Hall–Kier alpha value is -0.380. The Bertz CT molecular complexity index is 267. The summed E-state index contributed by atoms with van der Waals surface area (Å²) in [5, 5.41) is 0. The molecule has 0 amide bonds. The van der Waals surface area contributed by atoms with Crippen molar-refractivity contribution in [3.8, 4) is 0 Å². The van der Waals surface area contributed by atoms with Crippen LogP contribution in [-0.4, -0.2) is 17.5 Å². The van der Waals surface area contributed by atoms with Crippen LogP contribution in [0.2, 0.25) is 0 Å². The number of carbonyl (C=O) groups excluding carboxylic acids is 1. The number of hydrogen-bond donors (Lipinski definition) is 1. The lowest BCUT2D eigenvalue weighted by Crippen LogP contribution is -2.05. The normalized spacial score (nSPS) is 14.2. The Labute approximate surface area is 109 Å². The summed E-state index contributed by atoms with van der Waals surface area (Å²) in [6, 6.07) is 0. The molecule has 1 N–H and O–H groups in total. The third-order valence-electron chi connectivity index (χ3n) is 2.45. The second-order valence-corrected chi connectivity index (χ2v) is 5.66. The SMILES string of the molecule is CCCCCCCC(=O)OP(=O)(O)OCCCC. The van der Waals surface area contributed by atoms with E-state index in [1.807, 2.05) is 6.92 Å². The maximum Gasteiger partial charge on any atom is 0.529 e. The van der Waals surface area contributed by atoms with Crippen LogP contribution in [0.5, 0.6) is 0 Å². The summed E-state index contributed by atoms with van der Waals surface area (Å²) in [6.07, 6.45) is 6.68. The summed E-state index contributed by atoms with van der Waals surface area (Å²) < 4.78 is 20.4. The first kappa shape index (κ1) is 17.6. The highest BCUT2D eigenvalue weighted by Gasteiger charge is 2.25. The molecule has 6 heteroatoms. The van der Waals surface area contributed by atoms with Gasteiger partial charge in [0.05, 0.1) is 6.61 Å². The van der Waals surface area contributed by atoms with Crippen molar-refractivity contribution in [2.45, 2.75) is 65.2 Å². The third-order valence-corrected chi connectivity index (χ3v) is 3.40. The van der Waals surface area contributed by atoms with Crippen molar-refractivity contribution in [1.29, 1.82) is 0 Å². The Balaban J connectivity index is 3.68. The standard InChI is InChI=1S/C12H25O5P/c1-3-5-7-8-9-10-12(13)17-18(14,15)16-11-6-4-2/h3-11H2,1-2H3,(H,14,15). The molecule has 0 aliphatic rings. The van der Waals surface area contributed by atoms with Gasteiger partial charge in [-0.3, -0.25) is 14.2 Å². The molecule has 0 rings (SSSR count). The van der Waals surface area contributed by atoms with Crippen LogP contribution in [0, 0.1) is 0 Å². The third kappa shape index (κ3) is 10.8. The lowest BCUT2D eigenvalue weighted by molar-refractivity contribution is -0.136. The molecular formula is C12H25O5P. The predicted molar refractivity (Wildman–Crippen MR) is 70.2 cm³/mol. The number of carbonyl (C=O) groups is 1. The van der Waals surface area contributed by atoms with Crippen molar-refractivity contribution in [2.75, 3.05) is 6.61 Å². The molecule has 1 atom stereocenters. The summed E-state index contributed by atoms with van der Waals surface area (Å²) in [7, 11) is -4.19. The molecule has 18 heavy (non-hydrogen) atoms. The topological polar surface area (TPSA) is 72.8 Å². The molecule has 0 bridgehead atoms. The van der Waals surface area contributed by atoms with Gasteiger partial charge in [-0.25, -0.2) is 4.57 Å². The van der Waals surface area contributed by atoms with Crippen LogP contribution in [0.1, 0.15) is 65.2 Å². The fraction of sp³-hybridized carbons (Fsp3) is 0.917. The summed E-state index contributed by atoms with van der Waals surface area (Å²) >= 11 is 0. The van der Waals surface area contributed by atoms with E-state index < -0.39 is 13.8 Å². The van der Waals surface area contributed by atoms with Crippen LogP contribution in [0.3, 0.4) is 0 Å². The lowest BCUT2D eigenvalue weighted by Gasteiger charge is -2.11. The number of hydrogen-bond acceptors (Lipinski definition) is 4. The maximum absolute atomic E-state index is 11.3. The summed E-state index contributed by atoms with van der Waals surface area (Å²) in [5.41, 5.74) is 0. The molecule has 0 heterocycles. The Morgan fingerprint density at radius 1 is 1.06 bits per heavy atom. The molecule has 5 nitrogen and oxygen atoms in total. The van der Waals surface area contributed by atoms with Crippen molar-refractivity contribution >= 4 is 13.8 Å². The highest BCUT2D eigenvalue weighted by atomic mass is 31.2. The Morgan fingerprint density at radius 2 is 1.67 bits per heavy atom. The van der Waals surface area contributed by atoms with Crippen molar-refractivity contribution in [3.63, 3.8) is 0 Å². The molecule has 1 unspecified atom stereocenters. The molecule has 0 radical (unpaired) electrons. The van der Waals surface area contributed by atoms with E-state index in [9.17, 15) is 14.3 Å². The van der Waals surface area contributed by atoms with Crippen LogP contribution in [0.25, 0.3) is 0 Å². The van der Waals surface area contributed by atoms with Crippen LogP contribution in [0.4, 0.5) is 0 Å². The molecule has 0 aromatic rings. The van der Waals surface area contributed by atoms with Crippen molar-refractivity contribution in [2.24, 2.45) is 0 Å². The van der Waals surface area contributed by atoms with Gasteiger partial charge in [-0.15, -0.1) is 0 Å².